The van der Waals surface area contributed by atoms with Crippen molar-refractivity contribution in [3.8, 4) is 5.75 Å². The number of aryl methyl sites for hydroxylation is 2. The Hall–Kier alpha value is -1.19. The normalized spacial score (nSPS) is 17.9. The van der Waals surface area contributed by atoms with Gasteiger partial charge in [0.1, 0.15) is 17.8 Å². The zero-order valence-corrected chi connectivity index (χ0v) is 9.90. The lowest BCUT2D eigenvalue weighted by Gasteiger charge is -2.20. The number of benzene rings is 1. The van der Waals surface area contributed by atoms with Crippen LogP contribution in [0, 0.1) is 19.3 Å². The van der Waals surface area contributed by atoms with Crippen LogP contribution in [0.2, 0.25) is 0 Å². The van der Waals surface area contributed by atoms with Gasteiger partial charge in [-0.3, -0.25) is 0 Å². The Morgan fingerprint density at radius 3 is 2.35 bits per heavy atom. The van der Waals surface area contributed by atoms with E-state index in [-0.39, 0.29) is 19.4 Å². The van der Waals surface area contributed by atoms with E-state index in [9.17, 15) is 13.2 Å². The largest absolute Gasteiger partial charge is 0.492 e. The van der Waals surface area contributed by atoms with Gasteiger partial charge in [0.05, 0.1) is 0 Å². The first-order valence-corrected chi connectivity index (χ1v) is 5.61. The van der Waals surface area contributed by atoms with Crippen molar-refractivity contribution in [3.05, 3.63) is 29.3 Å². The lowest BCUT2D eigenvalue weighted by Crippen LogP contribution is -2.30. The Balaban J connectivity index is 2.04. The highest BCUT2D eigenvalue weighted by molar-refractivity contribution is 5.35. The molecule has 0 saturated heterocycles. The number of alkyl halides is 3. The van der Waals surface area contributed by atoms with E-state index in [0.717, 1.165) is 11.1 Å². The minimum atomic E-state index is -4.15. The first-order valence-electron chi connectivity index (χ1n) is 5.61. The van der Waals surface area contributed by atoms with Crippen molar-refractivity contribution >= 4 is 0 Å². The average Bonchev–Trinajstić information content (AvgIpc) is 2.96. The van der Waals surface area contributed by atoms with Gasteiger partial charge in [0.15, 0.2) is 0 Å². The van der Waals surface area contributed by atoms with Crippen molar-refractivity contribution in [2.45, 2.75) is 32.9 Å². The van der Waals surface area contributed by atoms with Gasteiger partial charge < -0.3 is 4.74 Å². The highest BCUT2D eigenvalue weighted by Gasteiger charge is 2.63. The van der Waals surface area contributed by atoms with Crippen LogP contribution in [0.4, 0.5) is 13.2 Å². The topological polar surface area (TPSA) is 9.23 Å². The van der Waals surface area contributed by atoms with Gasteiger partial charge in [-0.05, 0) is 38.3 Å². The molecule has 0 radical (unpaired) electrons. The van der Waals surface area contributed by atoms with Crippen molar-refractivity contribution in [3.63, 3.8) is 0 Å². The van der Waals surface area contributed by atoms with Crippen molar-refractivity contribution < 1.29 is 17.9 Å². The Morgan fingerprint density at radius 1 is 1.24 bits per heavy atom. The van der Waals surface area contributed by atoms with Gasteiger partial charge in [-0.25, -0.2) is 0 Å². The summed E-state index contributed by atoms with van der Waals surface area (Å²) in [5.41, 5.74) is 0.361. The van der Waals surface area contributed by atoms with Crippen LogP contribution in [0.1, 0.15) is 24.0 Å². The van der Waals surface area contributed by atoms with Crippen molar-refractivity contribution in [2.24, 2.45) is 5.41 Å². The molecule has 1 fully saturated rings. The highest BCUT2D eigenvalue weighted by Crippen LogP contribution is 2.57. The average molecular weight is 244 g/mol. The second-order valence-corrected chi connectivity index (χ2v) is 4.84. The number of hydrogen-bond acceptors (Lipinski definition) is 1. The second-order valence-electron chi connectivity index (χ2n) is 4.84. The van der Waals surface area contributed by atoms with E-state index in [0.29, 0.717) is 5.75 Å². The molecular formula is C13H15F3O. The fraction of sp³-hybridized carbons (Fsp3) is 0.538. The van der Waals surface area contributed by atoms with Crippen LogP contribution in [0.3, 0.4) is 0 Å². The zero-order valence-electron chi connectivity index (χ0n) is 9.90. The third-order valence-electron chi connectivity index (χ3n) is 3.29. The molecule has 0 bridgehead atoms. The Bertz CT molecular complexity index is 419. The monoisotopic (exact) mass is 244 g/mol. The summed E-state index contributed by atoms with van der Waals surface area (Å²) in [7, 11) is 0. The molecule has 0 unspecified atom stereocenters. The molecule has 0 aliphatic heterocycles. The van der Waals surface area contributed by atoms with E-state index >= 15 is 0 Å². The van der Waals surface area contributed by atoms with Gasteiger partial charge in [0, 0.05) is 0 Å². The predicted molar refractivity (Wildman–Crippen MR) is 59.1 cm³/mol. The maximum atomic E-state index is 12.7. The molecule has 0 amide bonds. The first-order chi connectivity index (χ1) is 7.84. The Kier molecular flexibility index (Phi) is 2.84. The summed E-state index contributed by atoms with van der Waals surface area (Å²) < 4.78 is 43.4. The maximum Gasteiger partial charge on any atom is 0.397 e. The molecule has 94 valence electrons. The summed E-state index contributed by atoms with van der Waals surface area (Å²) in [6, 6.07) is 5.48. The molecule has 0 atom stereocenters. The number of hydrogen-bond donors (Lipinski definition) is 0. The maximum absolute atomic E-state index is 12.7. The highest BCUT2D eigenvalue weighted by atomic mass is 19.4. The quantitative estimate of drug-likeness (QED) is 0.780. The first kappa shape index (κ1) is 12.3. The van der Waals surface area contributed by atoms with Gasteiger partial charge in [-0.2, -0.15) is 13.2 Å². The third kappa shape index (κ3) is 2.40. The van der Waals surface area contributed by atoms with Crippen molar-refractivity contribution in [1.29, 1.82) is 0 Å². The van der Waals surface area contributed by atoms with Crippen LogP contribution in [0.15, 0.2) is 18.2 Å². The van der Waals surface area contributed by atoms with Crippen LogP contribution in [-0.2, 0) is 0 Å². The summed E-state index contributed by atoms with van der Waals surface area (Å²) in [6.45, 7) is 3.52. The molecule has 1 aromatic carbocycles. The smallest absolute Gasteiger partial charge is 0.397 e. The molecule has 17 heavy (non-hydrogen) atoms. The molecule has 0 N–H and O–H groups in total. The molecule has 0 spiro atoms. The fourth-order valence-electron chi connectivity index (χ4n) is 1.84. The van der Waals surface area contributed by atoms with Crippen molar-refractivity contribution in [2.75, 3.05) is 6.61 Å². The van der Waals surface area contributed by atoms with Gasteiger partial charge in [-0.15, -0.1) is 0 Å². The van der Waals surface area contributed by atoms with E-state index in [4.69, 9.17) is 4.74 Å². The molecule has 1 saturated carbocycles. The molecule has 2 rings (SSSR count). The molecule has 1 nitrogen and oxygen atoms in total. The predicted octanol–water partition coefficient (Wildman–Crippen LogP) is 4.02. The minimum Gasteiger partial charge on any atom is -0.492 e. The van der Waals surface area contributed by atoms with Crippen LogP contribution in [0.25, 0.3) is 0 Å². The summed E-state index contributed by atoms with van der Waals surface area (Å²) in [5, 5.41) is 0. The van der Waals surface area contributed by atoms with Crippen LogP contribution < -0.4 is 4.74 Å². The van der Waals surface area contributed by atoms with Gasteiger partial charge in [0.25, 0.3) is 0 Å². The molecule has 0 aromatic heterocycles. The summed E-state index contributed by atoms with van der Waals surface area (Å²) >= 11 is 0. The Morgan fingerprint density at radius 2 is 1.88 bits per heavy atom. The van der Waals surface area contributed by atoms with E-state index in [1.807, 2.05) is 26.0 Å². The van der Waals surface area contributed by atoms with E-state index < -0.39 is 11.6 Å². The molecule has 4 heteroatoms. The third-order valence-corrected chi connectivity index (χ3v) is 3.29. The molecule has 1 aliphatic rings. The summed E-state index contributed by atoms with van der Waals surface area (Å²) in [5.74, 6) is 0.547. The SMILES string of the molecule is Cc1ccc(OCC2(C(F)(F)F)CC2)c(C)c1. The van der Waals surface area contributed by atoms with Crippen molar-refractivity contribution in [1.82, 2.24) is 0 Å². The molecule has 0 heterocycles. The van der Waals surface area contributed by atoms with Crippen LogP contribution >= 0.6 is 0 Å². The van der Waals surface area contributed by atoms with Crippen LogP contribution in [-0.4, -0.2) is 12.8 Å². The lowest BCUT2D eigenvalue weighted by atomic mass is 10.1. The standard InChI is InChI=1S/C13H15F3O/c1-9-3-4-11(10(2)7-9)17-8-12(5-6-12)13(14,15)16/h3-4,7H,5-6,8H2,1-2H3. The number of rotatable bonds is 3. The number of ether oxygens (including phenoxy) is 1. The zero-order chi connectivity index (χ0) is 12.7. The van der Waals surface area contributed by atoms with E-state index in [2.05, 4.69) is 0 Å². The molecule has 1 aliphatic carbocycles. The molecule has 1 aromatic rings. The second kappa shape index (κ2) is 3.93. The van der Waals surface area contributed by atoms with Gasteiger partial charge in [0.2, 0.25) is 0 Å². The van der Waals surface area contributed by atoms with Crippen LogP contribution in [0.5, 0.6) is 5.75 Å². The fourth-order valence-corrected chi connectivity index (χ4v) is 1.84. The summed E-state index contributed by atoms with van der Waals surface area (Å²) in [6.07, 6.45) is -3.78. The minimum absolute atomic E-state index is 0.182. The van der Waals surface area contributed by atoms with E-state index in [1.165, 1.54) is 0 Å². The van der Waals surface area contributed by atoms with E-state index in [1.54, 1.807) is 6.07 Å². The lowest BCUT2D eigenvalue weighted by molar-refractivity contribution is -0.194. The van der Waals surface area contributed by atoms with Gasteiger partial charge in [-0.1, -0.05) is 17.7 Å². The summed E-state index contributed by atoms with van der Waals surface area (Å²) in [4.78, 5) is 0. The Labute approximate surface area is 98.6 Å². The number of halogens is 3. The molecular weight excluding hydrogens is 229 g/mol. The van der Waals surface area contributed by atoms with Gasteiger partial charge >= 0.3 is 6.18 Å².